The fourth-order valence-corrected chi connectivity index (χ4v) is 1.84. The summed E-state index contributed by atoms with van der Waals surface area (Å²) in [7, 11) is 0. The van der Waals surface area contributed by atoms with Crippen molar-refractivity contribution in [1.82, 2.24) is 4.98 Å². The van der Waals surface area contributed by atoms with Gasteiger partial charge in [0.25, 0.3) is 0 Å². The Morgan fingerprint density at radius 2 is 2.06 bits per heavy atom. The Labute approximate surface area is 106 Å². The first-order valence-corrected chi connectivity index (χ1v) is 5.92. The molecular weight excluding hydrogens is 228 g/mol. The second-order valence-electron chi connectivity index (χ2n) is 4.62. The van der Waals surface area contributed by atoms with Crippen LogP contribution in [0.2, 0.25) is 0 Å². The van der Waals surface area contributed by atoms with Gasteiger partial charge in [0.1, 0.15) is 6.04 Å². The van der Waals surface area contributed by atoms with E-state index in [2.05, 4.69) is 10.3 Å². The molecule has 0 fully saturated rings. The average Bonchev–Trinajstić information content (AvgIpc) is 2.35. The molecule has 0 saturated carbocycles. The van der Waals surface area contributed by atoms with Gasteiger partial charge in [0, 0.05) is 5.39 Å². The van der Waals surface area contributed by atoms with Gasteiger partial charge in [-0.25, -0.2) is 4.79 Å². The number of fused-ring (bicyclic) bond motifs is 1. The van der Waals surface area contributed by atoms with Gasteiger partial charge in [0.2, 0.25) is 0 Å². The Morgan fingerprint density at radius 1 is 1.33 bits per heavy atom. The van der Waals surface area contributed by atoms with Crippen molar-refractivity contribution < 1.29 is 9.90 Å². The van der Waals surface area contributed by atoms with E-state index in [4.69, 9.17) is 5.11 Å². The number of anilines is 1. The highest BCUT2D eigenvalue weighted by Gasteiger charge is 2.21. The third-order valence-corrected chi connectivity index (χ3v) is 2.85. The maximum atomic E-state index is 11.1. The average molecular weight is 244 g/mol. The Hall–Kier alpha value is -2.10. The van der Waals surface area contributed by atoms with Crippen molar-refractivity contribution in [2.75, 3.05) is 5.32 Å². The Bertz CT molecular complexity index is 566. The smallest absolute Gasteiger partial charge is 0.326 e. The van der Waals surface area contributed by atoms with Crippen LogP contribution in [-0.4, -0.2) is 22.1 Å². The molecule has 4 heteroatoms. The molecular formula is C14H16N2O2. The van der Waals surface area contributed by atoms with Crippen molar-refractivity contribution in [3.63, 3.8) is 0 Å². The lowest BCUT2D eigenvalue weighted by Crippen LogP contribution is -2.34. The standard InChI is InChI=1S/C14H16N2O2/c1-9(2)13(14(17)18)16-11-7-10-5-3-4-6-12(10)15-8-11/h3-9,13,16H,1-2H3,(H,17,18)/t13-/m1/s1. The summed E-state index contributed by atoms with van der Waals surface area (Å²) < 4.78 is 0. The first-order chi connectivity index (χ1) is 8.58. The second kappa shape index (κ2) is 5.04. The predicted octanol–water partition coefficient (Wildman–Crippen LogP) is 2.76. The van der Waals surface area contributed by atoms with Crippen molar-refractivity contribution in [2.45, 2.75) is 19.9 Å². The minimum Gasteiger partial charge on any atom is -0.480 e. The minimum atomic E-state index is -0.849. The molecule has 0 aliphatic carbocycles. The highest BCUT2D eigenvalue weighted by atomic mass is 16.4. The zero-order valence-corrected chi connectivity index (χ0v) is 10.4. The largest absolute Gasteiger partial charge is 0.480 e. The van der Waals surface area contributed by atoms with Crippen molar-refractivity contribution in [2.24, 2.45) is 5.92 Å². The van der Waals surface area contributed by atoms with Crippen molar-refractivity contribution in [3.8, 4) is 0 Å². The summed E-state index contributed by atoms with van der Waals surface area (Å²) in [4.78, 5) is 15.4. The number of para-hydroxylation sites is 1. The van der Waals surface area contributed by atoms with Crippen LogP contribution in [-0.2, 0) is 4.79 Å². The number of nitrogens with one attached hydrogen (secondary N) is 1. The molecule has 2 rings (SSSR count). The van der Waals surface area contributed by atoms with Crippen LogP contribution >= 0.6 is 0 Å². The SMILES string of the molecule is CC(C)[C@@H](Nc1cnc2ccccc2c1)C(=O)O. The fourth-order valence-electron chi connectivity index (χ4n) is 1.84. The number of benzene rings is 1. The van der Waals surface area contributed by atoms with Gasteiger partial charge in [-0.05, 0) is 18.1 Å². The Morgan fingerprint density at radius 3 is 2.72 bits per heavy atom. The number of hydrogen-bond acceptors (Lipinski definition) is 3. The summed E-state index contributed by atoms with van der Waals surface area (Å²) in [6.45, 7) is 3.75. The molecule has 1 aromatic heterocycles. The van der Waals surface area contributed by atoms with Gasteiger partial charge in [0.05, 0.1) is 17.4 Å². The molecule has 2 N–H and O–H groups in total. The highest BCUT2D eigenvalue weighted by Crippen LogP contribution is 2.18. The normalized spacial score (nSPS) is 12.6. The monoisotopic (exact) mass is 244 g/mol. The van der Waals surface area contributed by atoms with E-state index in [1.807, 2.05) is 44.2 Å². The Kier molecular flexibility index (Phi) is 3.46. The maximum Gasteiger partial charge on any atom is 0.326 e. The summed E-state index contributed by atoms with van der Waals surface area (Å²) in [6, 6.07) is 9.06. The molecule has 1 heterocycles. The number of rotatable bonds is 4. The molecule has 1 atom stereocenters. The van der Waals surface area contributed by atoms with E-state index in [-0.39, 0.29) is 5.92 Å². The molecule has 0 unspecified atom stereocenters. The first-order valence-electron chi connectivity index (χ1n) is 5.92. The van der Waals surface area contributed by atoms with Gasteiger partial charge in [-0.15, -0.1) is 0 Å². The van der Waals surface area contributed by atoms with Crippen LogP contribution in [0.25, 0.3) is 10.9 Å². The summed E-state index contributed by atoms with van der Waals surface area (Å²) in [6.07, 6.45) is 1.67. The predicted molar refractivity (Wildman–Crippen MR) is 71.6 cm³/mol. The number of aliphatic carboxylic acids is 1. The van der Waals surface area contributed by atoms with Crippen LogP contribution in [0.4, 0.5) is 5.69 Å². The molecule has 18 heavy (non-hydrogen) atoms. The number of pyridine rings is 1. The van der Waals surface area contributed by atoms with E-state index in [0.29, 0.717) is 0 Å². The van der Waals surface area contributed by atoms with Crippen LogP contribution in [0.15, 0.2) is 36.5 Å². The number of nitrogens with zero attached hydrogens (tertiary/aromatic N) is 1. The van der Waals surface area contributed by atoms with E-state index in [1.165, 1.54) is 0 Å². The lowest BCUT2D eigenvalue weighted by molar-refractivity contribution is -0.138. The van der Waals surface area contributed by atoms with E-state index in [1.54, 1.807) is 6.20 Å². The van der Waals surface area contributed by atoms with Gasteiger partial charge in [-0.1, -0.05) is 32.0 Å². The molecule has 1 aromatic carbocycles. The van der Waals surface area contributed by atoms with Crippen molar-refractivity contribution >= 4 is 22.6 Å². The van der Waals surface area contributed by atoms with E-state index >= 15 is 0 Å². The van der Waals surface area contributed by atoms with Gasteiger partial charge in [-0.3, -0.25) is 4.98 Å². The van der Waals surface area contributed by atoms with Crippen molar-refractivity contribution in [1.29, 1.82) is 0 Å². The number of carbonyl (C=O) groups is 1. The van der Waals surface area contributed by atoms with Gasteiger partial charge in [-0.2, -0.15) is 0 Å². The molecule has 0 bridgehead atoms. The highest BCUT2D eigenvalue weighted by molar-refractivity contribution is 5.83. The molecule has 94 valence electrons. The molecule has 2 aromatic rings. The summed E-state index contributed by atoms with van der Waals surface area (Å²) in [5.41, 5.74) is 1.63. The van der Waals surface area contributed by atoms with Crippen LogP contribution in [0.3, 0.4) is 0 Å². The first kappa shape index (κ1) is 12.4. The third kappa shape index (κ3) is 2.59. The van der Waals surface area contributed by atoms with E-state index in [0.717, 1.165) is 16.6 Å². The number of aromatic nitrogens is 1. The second-order valence-corrected chi connectivity index (χ2v) is 4.62. The topological polar surface area (TPSA) is 62.2 Å². The molecule has 4 nitrogen and oxygen atoms in total. The van der Waals surface area contributed by atoms with E-state index < -0.39 is 12.0 Å². The quantitative estimate of drug-likeness (QED) is 0.868. The zero-order chi connectivity index (χ0) is 13.1. The summed E-state index contributed by atoms with van der Waals surface area (Å²) in [5, 5.41) is 13.1. The molecule has 0 radical (unpaired) electrons. The van der Waals surface area contributed by atoms with Crippen LogP contribution in [0, 0.1) is 5.92 Å². The molecule has 0 saturated heterocycles. The summed E-state index contributed by atoms with van der Waals surface area (Å²) >= 11 is 0. The van der Waals surface area contributed by atoms with Crippen LogP contribution in [0.1, 0.15) is 13.8 Å². The molecule has 0 aliphatic rings. The number of carboxylic acids is 1. The van der Waals surface area contributed by atoms with Crippen LogP contribution < -0.4 is 5.32 Å². The van der Waals surface area contributed by atoms with E-state index in [9.17, 15) is 4.79 Å². The van der Waals surface area contributed by atoms with Crippen LogP contribution in [0.5, 0.6) is 0 Å². The molecule has 0 spiro atoms. The lowest BCUT2D eigenvalue weighted by Gasteiger charge is -2.19. The number of hydrogen-bond donors (Lipinski definition) is 2. The fraction of sp³-hybridized carbons (Fsp3) is 0.286. The zero-order valence-electron chi connectivity index (χ0n) is 10.4. The lowest BCUT2D eigenvalue weighted by atomic mass is 10.0. The molecule has 0 amide bonds. The summed E-state index contributed by atoms with van der Waals surface area (Å²) in [5.74, 6) is -0.841. The van der Waals surface area contributed by atoms with Gasteiger partial charge < -0.3 is 10.4 Å². The van der Waals surface area contributed by atoms with Gasteiger partial charge >= 0.3 is 5.97 Å². The minimum absolute atomic E-state index is 0.00831. The maximum absolute atomic E-state index is 11.1. The van der Waals surface area contributed by atoms with Gasteiger partial charge in [0.15, 0.2) is 0 Å². The molecule has 0 aliphatic heterocycles. The Balaban J connectivity index is 2.28. The third-order valence-electron chi connectivity index (χ3n) is 2.85. The van der Waals surface area contributed by atoms with Crippen molar-refractivity contribution in [3.05, 3.63) is 36.5 Å². The number of carboxylic acid groups (broad SMARTS) is 1.